The van der Waals surface area contributed by atoms with E-state index < -0.39 is 29.6 Å². The molecule has 9 heteroatoms. The number of imide groups is 1. The third-order valence-corrected chi connectivity index (χ3v) is 5.21. The summed E-state index contributed by atoms with van der Waals surface area (Å²) >= 11 is 1.25. The summed E-state index contributed by atoms with van der Waals surface area (Å²) in [5.74, 6) is -1.19. The maximum absolute atomic E-state index is 12.5. The average Bonchev–Trinajstić information content (AvgIpc) is 2.85. The van der Waals surface area contributed by atoms with E-state index in [0.29, 0.717) is 10.5 Å². The van der Waals surface area contributed by atoms with E-state index in [4.69, 9.17) is 4.74 Å². The van der Waals surface area contributed by atoms with Crippen LogP contribution in [-0.2, 0) is 14.3 Å². The molecule has 8 nitrogen and oxygen atoms in total. The average molecular weight is 393 g/mol. The monoisotopic (exact) mass is 393 g/mol. The molecule has 1 heterocycles. The third-order valence-electron chi connectivity index (χ3n) is 3.82. The number of urea groups is 1. The fraction of sp³-hybridized carbons (Fsp3) is 0.444. The van der Waals surface area contributed by atoms with Crippen molar-refractivity contribution in [3.8, 4) is 0 Å². The van der Waals surface area contributed by atoms with E-state index >= 15 is 0 Å². The third kappa shape index (κ3) is 5.22. The van der Waals surface area contributed by atoms with E-state index in [9.17, 15) is 19.2 Å². The number of hydrogen-bond donors (Lipinski definition) is 3. The molecule has 0 aromatic heterocycles. The molecule has 1 aromatic rings. The summed E-state index contributed by atoms with van der Waals surface area (Å²) in [7, 11) is 0. The highest BCUT2D eigenvalue weighted by atomic mass is 32.2. The summed E-state index contributed by atoms with van der Waals surface area (Å²) < 4.78 is 5.26. The maximum atomic E-state index is 12.5. The molecular weight excluding hydrogens is 370 g/mol. The number of amides is 4. The van der Waals surface area contributed by atoms with Gasteiger partial charge in [0.2, 0.25) is 0 Å². The Morgan fingerprint density at radius 1 is 1.22 bits per heavy atom. The van der Waals surface area contributed by atoms with E-state index in [0.717, 1.165) is 0 Å². The van der Waals surface area contributed by atoms with Crippen LogP contribution in [0.25, 0.3) is 0 Å². The van der Waals surface area contributed by atoms with Crippen molar-refractivity contribution in [3.63, 3.8) is 0 Å². The molecule has 0 saturated carbocycles. The minimum absolute atomic E-state index is 0.0602. The van der Waals surface area contributed by atoms with Gasteiger partial charge in [-0.25, -0.2) is 9.59 Å². The van der Waals surface area contributed by atoms with Crippen molar-refractivity contribution in [2.45, 2.75) is 50.3 Å². The van der Waals surface area contributed by atoms with Gasteiger partial charge in [0.25, 0.3) is 11.8 Å². The number of rotatable bonds is 7. The zero-order valence-corrected chi connectivity index (χ0v) is 16.4. The van der Waals surface area contributed by atoms with Gasteiger partial charge < -0.3 is 15.4 Å². The van der Waals surface area contributed by atoms with Crippen molar-refractivity contribution in [2.24, 2.45) is 0 Å². The quantitative estimate of drug-likeness (QED) is 0.367. The zero-order chi connectivity index (χ0) is 20.2. The second kappa shape index (κ2) is 8.43. The molecule has 1 aliphatic heterocycles. The summed E-state index contributed by atoms with van der Waals surface area (Å²) in [5, 5.41) is 7.46. The minimum Gasteiger partial charge on any atom is -0.449 e. The highest BCUT2D eigenvalue weighted by Gasteiger charge is 2.42. The van der Waals surface area contributed by atoms with Gasteiger partial charge in [-0.15, -0.1) is 11.8 Å². The van der Waals surface area contributed by atoms with Crippen molar-refractivity contribution in [1.82, 2.24) is 16.0 Å². The largest absolute Gasteiger partial charge is 0.449 e. The Labute approximate surface area is 161 Å². The van der Waals surface area contributed by atoms with Crippen LogP contribution in [0.4, 0.5) is 4.79 Å². The van der Waals surface area contributed by atoms with E-state index in [-0.39, 0.29) is 17.7 Å². The molecule has 4 amide bonds. The predicted molar refractivity (Wildman–Crippen MR) is 100 cm³/mol. The van der Waals surface area contributed by atoms with Crippen molar-refractivity contribution in [1.29, 1.82) is 0 Å². The Balaban J connectivity index is 2.06. The number of nitrogens with one attached hydrogen (secondary N) is 3. The fourth-order valence-electron chi connectivity index (χ4n) is 2.34. The molecule has 0 spiro atoms. The first-order valence-corrected chi connectivity index (χ1v) is 9.48. The molecule has 3 N–H and O–H groups in total. The van der Waals surface area contributed by atoms with Crippen LogP contribution in [0.2, 0.25) is 0 Å². The van der Waals surface area contributed by atoms with Crippen LogP contribution in [0.3, 0.4) is 0 Å². The lowest BCUT2D eigenvalue weighted by Gasteiger charge is -2.20. The highest BCUT2D eigenvalue weighted by Crippen LogP contribution is 2.28. The van der Waals surface area contributed by atoms with Crippen LogP contribution < -0.4 is 16.0 Å². The Morgan fingerprint density at radius 3 is 2.48 bits per heavy atom. The molecule has 1 fully saturated rings. The normalized spacial score (nSPS) is 20.0. The van der Waals surface area contributed by atoms with E-state index in [1.807, 2.05) is 13.8 Å². The van der Waals surface area contributed by atoms with Gasteiger partial charge >= 0.3 is 12.0 Å². The molecule has 1 saturated heterocycles. The molecule has 2 atom stereocenters. The molecule has 1 aromatic carbocycles. The lowest BCUT2D eigenvalue weighted by Crippen LogP contribution is -2.46. The first-order chi connectivity index (χ1) is 12.6. The Kier molecular flexibility index (Phi) is 6.48. The molecular formula is C18H23N3O5S. The van der Waals surface area contributed by atoms with E-state index in [1.165, 1.54) is 18.7 Å². The molecule has 146 valence electrons. The van der Waals surface area contributed by atoms with Crippen LogP contribution in [0.5, 0.6) is 0 Å². The Morgan fingerprint density at radius 2 is 1.89 bits per heavy atom. The number of carbonyl (C=O) groups is 4. The molecule has 0 radical (unpaired) electrons. The lowest BCUT2D eigenvalue weighted by molar-refractivity contribution is -0.129. The van der Waals surface area contributed by atoms with Crippen LogP contribution >= 0.6 is 11.8 Å². The summed E-state index contributed by atoms with van der Waals surface area (Å²) in [6.07, 6.45) is -0.935. The summed E-state index contributed by atoms with van der Waals surface area (Å²) in [5.41, 5.74) is -0.775. The van der Waals surface area contributed by atoms with Crippen molar-refractivity contribution < 1.29 is 23.9 Å². The SMILES string of the molecule is CC(C)NC(=O)[C@@H](C)OC(=O)c1ccccc1SC[C@@]1(C)NC(=O)NC1=O. The Bertz CT molecular complexity index is 767. The molecule has 0 unspecified atom stereocenters. The van der Waals surface area contributed by atoms with Crippen molar-refractivity contribution in [3.05, 3.63) is 29.8 Å². The molecule has 2 rings (SSSR count). The number of hydrogen-bond acceptors (Lipinski definition) is 6. The minimum atomic E-state index is -1.07. The van der Waals surface area contributed by atoms with Crippen LogP contribution in [-0.4, -0.2) is 47.3 Å². The van der Waals surface area contributed by atoms with Gasteiger partial charge in [-0.1, -0.05) is 12.1 Å². The van der Waals surface area contributed by atoms with Crippen LogP contribution in [0.15, 0.2) is 29.2 Å². The molecule has 0 bridgehead atoms. The van der Waals surface area contributed by atoms with Gasteiger partial charge in [-0.3, -0.25) is 14.9 Å². The predicted octanol–water partition coefficient (Wildman–Crippen LogP) is 1.45. The summed E-state index contributed by atoms with van der Waals surface area (Å²) in [4.78, 5) is 48.3. The molecule has 0 aliphatic carbocycles. The van der Waals surface area contributed by atoms with Crippen LogP contribution in [0, 0.1) is 0 Å². The summed E-state index contributed by atoms with van der Waals surface area (Å²) in [6, 6.07) is 6.15. The topological polar surface area (TPSA) is 114 Å². The molecule has 27 heavy (non-hydrogen) atoms. The van der Waals surface area contributed by atoms with Gasteiger partial charge in [-0.05, 0) is 39.8 Å². The number of carbonyl (C=O) groups excluding carboxylic acids is 4. The van der Waals surface area contributed by atoms with E-state index in [2.05, 4.69) is 16.0 Å². The van der Waals surface area contributed by atoms with Crippen LogP contribution in [0.1, 0.15) is 38.1 Å². The first kappa shape index (κ1) is 20.8. The van der Waals surface area contributed by atoms with Crippen molar-refractivity contribution in [2.75, 3.05) is 5.75 Å². The lowest BCUT2D eigenvalue weighted by atomic mass is 10.1. The smallest absolute Gasteiger partial charge is 0.340 e. The second-order valence-corrected chi connectivity index (χ2v) is 7.75. The van der Waals surface area contributed by atoms with Crippen molar-refractivity contribution >= 4 is 35.6 Å². The number of thioether (sulfide) groups is 1. The fourth-order valence-corrected chi connectivity index (χ4v) is 3.47. The molecule has 1 aliphatic rings. The standard InChI is InChI=1S/C18H23N3O5S/c1-10(2)19-14(22)11(3)26-15(23)12-7-5-6-8-13(12)27-9-18(4)16(24)20-17(25)21-18/h5-8,10-11H,9H2,1-4H3,(H,19,22)(H2,20,21,24,25)/t11-,18-/m1/s1. The highest BCUT2D eigenvalue weighted by molar-refractivity contribution is 7.99. The first-order valence-electron chi connectivity index (χ1n) is 8.49. The van der Waals surface area contributed by atoms with E-state index in [1.54, 1.807) is 31.2 Å². The Hall–Kier alpha value is -2.55. The zero-order valence-electron chi connectivity index (χ0n) is 15.6. The van der Waals surface area contributed by atoms with Gasteiger partial charge in [-0.2, -0.15) is 0 Å². The summed E-state index contributed by atoms with van der Waals surface area (Å²) in [6.45, 7) is 6.75. The number of benzene rings is 1. The van der Waals surface area contributed by atoms with Gasteiger partial charge in [0.05, 0.1) is 5.56 Å². The van der Waals surface area contributed by atoms with Gasteiger partial charge in [0.15, 0.2) is 6.10 Å². The number of ether oxygens (including phenoxy) is 1. The van der Waals surface area contributed by atoms with Gasteiger partial charge in [0, 0.05) is 16.7 Å². The second-order valence-electron chi connectivity index (χ2n) is 6.74. The van der Waals surface area contributed by atoms with Gasteiger partial charge in [0.1, 0.15) is 5.54 Å². The maximum Gasteiger partial charge on any atom is 0.340 e. The number of esters is 1.